The van der Waals surface area contributed by atoms with E-state index in [2.05, 4.69) is 15.3 Å². The number of aliphatic hydroxyl groups excluding tert-OH is 1. The van der Waals surface area contributed by atoms with Crippen LogP contribution in [-0.2, 0) is 4.79 Å². The van der Waals surface area contributed by atoms with E-state index in [1.165, 1.54) is 30.3 Å². The first-order valence-electron chi connectivity index (χ1n) is 9.40. The van der Waals surface area contributed by atoms with E-state index in [1.807, 2.05) is 6.92 Å². The molecule has 0 unspecified atom stereocenters. The summed E-state index contributed by atoms with van der Waals surface area (Å²) < 4.78 is 29.9. The predicted molar refractivity (Wildman–Crippen MR) is 112 cm³/mol. The zero-order valence-corrected chi connectivity index (χ0v) is 16.7. The molecule has 158 valence electrons. The second kappa shape index (κ2) is 7.77. The number of halogens is 2. The van der Waals surface area contributed by atoms with Gasteiger partial charge in [-0.05, 0) is 43.7 Å². The SMILES string of the molecule is Cc1cn2c(C)nc(-c3ccc(NC(=O)[C@@H](O)c4cccc(F)c4)c(F)c3)c2c(N)n1. The molecule has 0 aliphatic rings. The van der Waals surface area contributed by atoms with Crippen LogP contribution in [0, 0.1) is 25.5 Å². The van der Waals surface area contributed by atoms with Crippen molar-refractivity contribution in [2.45, 2.75) is 20.0 Å². The van der Waals surface area contributed by atoms with Crippen molar-refractivity contribution in [3.63, 3.8) is 0 Å². The van der Waals surface area contributed by atoms with Crippen molar-refractivity contribution >= 4 is 22.9 Å². The van der Waals surface area contributed by atoms with Crippen LogP contribution >= 0.6 is 0 Å². The van der Waals surface area contributed by atoms with Crippen LogP contribution in [0.1, 0.15) is 23.2 Å². The van der Waals surface area contributed by atoms with Crippen LogP contribution in [0.3, 0.4) is 0 Å². The maximum absolute atomic E-state index is 14.8. The Kier molecular flexibility index (Phi) is 5.12. The zero-order chi connectivity index (χ0) is 22.3. The van der Waals surface area contributed by atoms with E-state index in [0.717, 1.165) is 11.8 Å². The quantitative estimate of drug-likeness (QED) is 0.466. The normalized spacial score (nSPS) is 12.2. The Labute approximate surface area is 176 Å². The van der Waals surface area contributed by atoms with E-state index < -0.39 is 23.6 Å². The van der Waals surface area contributed by atoms with Gasteiger partial charge in [0, 0.05) is 11.8 Å². The second-order valence-corrected chi connectivity index (χ2v) is 7.14. The van der Waals surface area contributed by atoms with Gasteiger partial charge in [-0.3, -0.25) is 9.20 Å². The van der Waals surface area contributed by atoms with Crippen molar-refractivity contribution in [2.24, 2.45) is 0 Å². The van der Waals surface area contributed by atoms with Crippen molar-refractivity contribution < 1.29 is 18.7 Å². The summed E-state index contributed by atoms with van der Waals surface area (Å²) in [5.41, 5.74) is 8.18. The monoisotopic (exact) mass is 423 g/mol. The molecule has 1 amide bonds. The highest BCUT2D eigenvalue weighted by Gasteiger charge is 2.20. The smallest absolute Gasteiger partial charge is 0.257 e. The maximum atomic E-state index is 14.8. The van der Waals surface area contributed by atoms with Crippen LogP contribution < -0.4 is 11.1 Å². The summed E-state index contributed by atoms with van der Waals surface area (Å²) in [5.74, 6) is -1.27. The fraction of sp³-hybridized carbons (Fsp3) is 0.136. The number of imidazole rings is 1. The van der Waals surface area contributed by atoms with E-state index in [4.69, 9.17) is 5.73 Å². The third-order valence-corrected chi connectivity index (χ3v) is 4.86. The first kappa shape index (κ1) is 20.4. The third kappa shape index (κ3) is 3.82. The standard InChI is InChI=1S/C22H19F2N5O2/c1-11-10-29-12(2)27-18(19(29)21(25)26-11)13-6-7-17(16(24)9-13)28-22(31)20(30)14-4-3-5-15(23)8-14/h3-10,20,30H,1-2H3,(H2,25,26)(H,28,31)/t20-/m0/s1. The molecule has 0 saturated heterocycles. The number of nitrogens with zero attached hydrogens (tertiary/aromatic N) is 3. The third-order valence-electron chi connectivity index (χ3n) is 4.86. The molecule has 0 aliphatic heterocycles. The molecule has 31 heavy (non-hydrogen) atoms. The highest BCUT2D eigenvalue weighted by Crippen LogP contribution is 2.31. The van der Waals surface area contributed by atoms with Crippen LogP contribution in [0.15, 0.2) is 48.7 Å². The number of aromatic nitrogens is 3. The molecule has 0 spiro atoms. The van der Waals surface area contributed by atoms with Crippen LogP contribution in [0.2, 0.25) is 0 Å². The molecule has 9 heteroatoms. The van der Waals surface area contributed by atoms with Crippen LogP contribution in [0.25, 0.3) is 16.8 Å². The van der Waals surface area contributed by atoms with E-state index in [-0.39, 0.29) is 17.1 Å². The fourth-order valence-corrected chi connectivity index (χ4v) is 3.40. The Morgan fingerprint density at radius 1 is 1.16 bits per heavy atom. The Morgan fingerprint density at radius 2 is 1.94 bits per heavy atom. The van der Waals surface area contributed by atoms with E-state index in [1.54, 1.807) is 23.6 Å². The van der Waals surface area contributed by atoms with Crippen molar-refractivity contribution in [3.05, 3.63) is 77.4 Å². The van der Waals surface area contributed by atoms with Gasteiger partial charge in [-0.2, -0.15) is 0 Å². The summed E-state index contributed by atoms with van der Waals surface area (Å²) in [6, 6.07) is 9.15. The molecule has 2 aromatic heterocycles. The summed E-state index contributed by atoms with van der Waals surface area (Å²) in [6.07, 6.45) is 0.139. The molecule has 0 aliphatic carbocycles. The van der Waals surface area contributed by atoms with E-state index in [9.17, 15) is 18.7 Å². The molecule has 0 bridgehead atoms. The maximum Gasteiger partial charge on any atom is 0.257 e. The van der Waals surface area contributed by atoms with Crippen molar-refractivity contribution in [2.75, 3.05) is 11.1 Å². The fourth-order valence-electron chi connectivity index (χ4n) is 3.40. The average molecular weight is 423 g/mol. The van der Waals surface area contributed by atoms with Crippen LogP contribution in [0.5, 0.6) is 0 Å². The number of amides is 1. The molecular weight excluding hydrogens is 404 g/mol. The number of aliphatic hydroxyl groups is 1. The summed E-state index contributed by atoms with van der Waals surface area (Å²) >= 11 is 0. The molecule has 2 aromatic carbocycles. The van der Waals surface area contributed by atoms with Crippen LogP contribution in [-0.4, -0.2) is 25.4 Å². The van der Waals surface area contributed by atoms with Gasteiger partial charge >= 0.3 is 0 Å². The van der Waals surface area contributed by atoms with Gasteiger partial charge in [0.25, 0.3) is 5.91 Å². The van der Waals surface area contributed by atoms with Gasteiger partial charge < -0.3 is 16.2 Å². The minimum absolute atomic E-state index is 0.0627. The number of hydrogen-bond donors (Lipinski definition) is 3. The molecule has 4 N–H and O–H groups in total. The highest BCUT2D eigenvalue weighted by atomic mass is 19.1. The van der Waals surface area contributed by atoms with Crippen LogP contribution in [0.4, 0.5) is 20.3 Å². The number of rotatable bonds is 4. The molecule has 2 heterocycles. The zero-order valence-electron chi connectivity index (χ0n) is 16.7. The lowest BCUT2D eigenvalue weighted by Crippen LogP contribution is -2.21. The number of fused-ring (bicyclic) bond motifs is 1. The van der Waals surface area contributed by atoms with Gasteiger partial charge in [0.2, 0.25) is 0 Å². The molecule has 1 atom stereocenters. The number of carbonyl (C=O) groups is 1. The number of nitrogens with two attached hydrogens (primary N) is 1. The van der Waals surface area contributed by atoms with Crippen molar-refractivity contribution in [3.8, 4) is 11.3 Å². The van der Waals surface area contributed by atoms with Gasteiger partial charge in [0.1, 0.15) is 34.5 Å². The summed E-state index contributed by atoms with van der Waals surface area (Å²) in [4.78, 5) is 21.0. The minimum atomic E-state index is -1.65. The molecule has 0 radical (unpaired) electrons. The number of anilines is 2. The van der Waals surface area contributed by atoms with E-state index >= 15 is 0 Å². The first-order chi connectivity index (χ1) is 14.7. The Bertz CT molecular complexity index is 1320. The Morgan fingerprint density at radius 3 is 2.65 bits per heavy atom. The molecule has 0 fully saturated rings. The predicted octanol–water partition coefficient (Wildman–Crippen LogP) is 3.55. The average Bonchev–Trinajstić information content (AvgIpc) is 3.05. The van der Waals surface area contributed by atoms with Gasteiger partial charge in [0.05, 0.1) is 11.4 Å². The molecule has 0 saturated carbocycles. The number of nitrogen functional groups attached to an aromatic ring is 1. The summed E-state index contributed by atoms with van der Waals surface area (Å²) in [6.45, 7) is 3.61. The van der Waals surface area contributed by atoms with E-state index in [0.29, 0.717) is 22.6 Å². The molecule has 7 nitrogen and oxygen atoms in total. The van der Waals surface area contributed by atoms with Crippen molar-refractivity contribution in [1.29, 1.82) is 0 Å². The molecule has 4 rings (SSSR count). The second-order valence-electron chi connectivity index (χ2n) is 7.14. The minimum Gasteiger partial charge on any atom is -0.382 e. The van der Waals surface area contributed by atoms with Gasteiger partial charge in [-0.1, -0.05) is 18.2 Å². The highest BCUT2D eigenvalue weighted by molar-refractivity contribution is 5.95. The number of aryl methyl sites for hydroxylation is 2. The molecular formula is C22H19F2N5O2. The topological polar surface area (TPSA) is 106 Å². The number of carbonyl (C=O) groups excluding carboxylic acids is 1. The Balaban J connectivity index is 1.64. The largest absolute Gasteiger partial charge is 0.382 e. The van der Waals surface area contributed by atoms with Gasteiger partial charge in [-0.15, -0.1) is 0 Å². The molecule has 4 aromatic rings. The summed E-state index contributed by atoms with van der Waals surface area (Å²) in [5, 5.41) is 12.5. The summed E-state index contributed by atoms with van der Waals surface area (Å²) in [7, 11) is 0. The number of benzene rings is 2. The number of nitrogens with one attached hydrogen (secondary N) is 1. The van der Waals surface area contributed by atoms with Crippen molar-refractivity contribution in [1.82, 2.24) is 14.4 Å². The first-order valence-corrected chi connectivity index (χ1v) is 9.40. The van der Waals surface area contributed by atoms with Gasteiger partial charge in [0.15, 0.2) is 6.10 Å². The van der Waals surface area contributed by atoms with Gasteiger partial charge in [-0.25, -0.2) is 18.7 Å². The lowest BCUT2D eigenvalue weighted by Gasteiger charge is -2.13. The number of hydrogen-bond acceptors (Lipinski definition) is 5. The lowest BCUT2D eigenvalue weighted by atomic mass is 10.1. The lowest BCUT2D eigenvalue weighted by molar-refractivity contribution is -0.124. The Hall–Kier alpha value is -3.85.